The van der Waals surface area contributed by atoms with Crippen LogP contribution in [0.4, 0.5) is 5.69 Å². The molecule has 0 aliphatic rings. The standard InChI is InChI=1S/C25H24ClN3O3S/c1-18-5-7-20(8-6-18)16-33-17-25(31)29-27-14-19-9-11-23(12-10-19)32-15-24(30)28-22-4-2-3-21(26)13-22/h2-14H,15-17H2,1H3,(H,28,30)(H,29,31)/b27-14-. The number of hydrazone groups is 1. The van der Waals surface area contributed by atoms with Crippen molar-refractivity contribution in [1.82, 2.24) is 5.43 Å². The summed E-state index contributed by atoms with van der Waals surface area (Å²) in [6, 6.07) is 22.2. The Morgan fingerprint density at radius 2 is 1.79 bits per heavy atom. The van der Waals surface area contributed by atoms with Gasteiger partial charge in [-0.15, -0.1) is 11.8 Å². The maximum Gasteiger partial charge on any atom is 0.262 e. The molecule has 0 aliphatic heterocycles. The molecule has 170 valence electrons. The highest BCUT2D eigenvalue weighted by atomic mass is 35.5. The third-order valence-corrected chi connectivity index (χ3v) is 5.62. The molecule has 3 aromatic rings. The Morgan fingerprint density at radius 3 is 2.52 bits per heavy atom. The number of nitrogens with zero attached hydrogens (tertiary/aromatic N) is 1. The fraction of sp³-hybridized carbons (Fsp3) is 0.160. The Bertz CT molecular complexity index is 1100. The fourth-order valence-electron chi connectivity index (χ4n) is 2.72. The van der Waals surface area contributed by atoms with Gasteiger partial charge in [0.15, 0.2) is 6.61 Å². The van der Waals surface area contributed by atoms with Crippen LogP contribution in [0.25, 0.3) is 0 Å². The van der Waals surface area contributed by atoms with Gasteiger partial charge in [0.2, 0.25) is 5.91 Å². The maximum absolute atomic E-state index is 12.0. The lowest BCUT2D eigenvalue weighted by molar-refractivity contribution is -0.119. The van der Waals surface area contributed by atoms with Gasteiger partial charge in [0.05, 0.1) is 12.0 Å². The van der Waals surface area contributed by atoms with Gasteiger partial charge in [0.1, 0.15) is 5.75 Å². The van der Waals surface area contributed by atoms with Crippen LogP contribution in [0.15, 0.2) is 77.9 Å². The molecule has 0 saturated heterocycles. The van der Waals surface area contributed by atoms with Gasteiger partial charge >= 0.3 is 0 Å². The van der Waals surface area contributed by atoms with Crippen molar-refractivity contribution in [3.63, 3.8) is 0 Å². The lowest BCUT2D eigenvalue weighted by atomic mass is 10.2. The number of nitrogens with one attached hydrogen (secondary N) is 2. The van der Waals surface area contributed by atoms with Crippen molar-refractivity contribution in [1.29, 1.82) is 0 Å². The molecule has 0 aromatic heterocycles. The smallest absolute Gasteiger partial charge is 0.262 e. The molecule has 0 spiro atoms. The molecule has 0 aliphatic carbocycles. The van der Waals surface area contributed by atoms with E-state index in [-0.39, 0.29) is 18.4 Å². The van der Waals surface area contributed by atoms with E-state index in [0.29, 0.717) is 22.2 Å². The van der Waals surface area contributed by atoms with E-state index >= 15 is 0 Å². The number of hydrogen-bond acceptors (Lipinski definition) is 5. The molecule has 8 heteroatoms. The van der Waals surface area contributed by atoms with E-state index in [4.69, 9.17) is 16.3 Å². The average Bonchev–Trinajstić information content (AvgIpc) is 2.80. The molecular weight excluding hydrogens is 458 g/mol. The Hall–Kier alpha value is -3.29. The van der Waals surface area contributed by atoms with Gasteiger partial charge in [-0.3, -0.25) is 9.59 Å². The van der Waals surface area contributed by atoms with Crippen LogP contribution in [0.3, 0.4) is 0 Å². The summed E-state index contributed by atoms with van der Waals surface area (Å²) in [5.74, 6) is 1.20. The Labute approximate surface area is 202 Å². The first kappa shape index (κ1) is 24.4. The first-order valence-corrected chi connectivity index (χ1v) is 11.7. The number of hydrogen-bond donors (Lipinski definition) is 2. The first-order chi connectivity index (χ1) is 16.0. The lowest BCUT2D eigenvalue weighted by Gasteiger charge is -2.08. The van der Waals surface area contributed by atoms with Gasteiger partial charge in [-0.1, -0.05) is 47.5 Å². The summed E-state index contributed by atoms with van der Waals surface area (Å²) >= 11 is 7.44. The molecule has 3 aromatic carbocycles. The molecule has 2 amide bonds. The zero-order valence-corrected chi connectivity index (χ0v) is 19.7. The number of rotatable bonds is 10. The topological polar surface area (TPSA) is 79.8 Å². The van der Waals surface area contributed by atoms with E-state index < -0.39 is 0 Å². The number of carbonyl (C=O) groups is 2. The summed E-state index contributed by atoms with van der Waals surface area (Å²) in [7, 11) is 0. The quantitative estimate of drug-likeness (QED) is 0.313. The number of carbonyl (C=O) groups excluding carboxylic acids is 2. The molecule has 0 saturated carbocycles. The largest absolute Gasteiger partial charge is 0.484 e. The zero-order valence-electron chi connectivity index (χ0n) is 18.1. The number of ether oxygens (including phenoxy) is 1. The molecule has 0 heterocycles. The van der Waals surface area contributed by atoms with Gasteiger partial charge < -0.3 is 10.1 Å². The molecule has 33 heavy (non-hydrogen) atoms. The summed E-state index contributed by atoms with van der Waals surface area (Å²) in [6.45, 7) is 1.92. The third-order valence-electron chi connectivity index (χ3n) is 4.38. The highest BCUT2D eigenvalue weighted by Crippen LogP contribution is 2.16. The van der Waals surface area contributed by atoms with E-state index in [1.165, 1.54) is 22.9 Å². The van der Waals surface area contributed by atoms with Crippen molar-refractivity contribution in [2.24, 2.45) is 5.10 Å². The predicted octanol–water partition coefficient (Wildman–Crippen LogP) is 5.05. The van der Waals surface area contributed by atoms with Gasteiger partial charge in [-0.05, 0) is 60.5 Å². The van der Waals surface area contributed by atoms with Crippen LogP contribution in [0, 0.1) is 6.92 Å². The minimum absolute atomic E-state index is 0.129. The minimum Gasteiger partial charge on any atom is -0.484 e. The zero-order chi connectivity index (χ0) is 23.5. The van der Waals surface area contributed by atoms with Crippen molar-refractivity contribution in [2.45, 2.75) is 12.7 Å². The molecule has 2 N–H and O–H groups in total. The number of amides is 2. The number of thioether (sulfide) groups is 1. The molecule has 0 radical (unpaired) electrons. The monoisotopic (exact) mass is 481 g/mol. The fourth-order valence-corrected chi connectivity index (χ4v) is 3.69. The molecule has 0 bridgehead atoms. The van der Waals surface area contributed by atoms with E-state index in [0.717, 1.165) is 11.3 Å². The van der Waals surface area contributed by atoms with E-state index in [2.05, 4.69) is 40.1 Å². The van der Waals surface area contributed by atoms with Crippen LogP contribution >= 0.6 is 23.4 Å². The Balaban J connectivity index is 1.35. The number of anilines is 1. The van der Waals surface area contributed by atoms with E-state index in [1.54, 1.807) is 54.7 Å². The van der Waals surface area contributed by atoms with Crippen molar-refractivity contribution in [3.8, 4) is 5.75 Å². The highest BCUT2D eigenvalue weighted by Gasteiger charge is 2.05. The Kier molecular flexibility index (Phi) is 9.35. The summed E-state index contributed by atoms with van der Waals surface area (Å²) < 4.78 is 5.49. The van der Waals surface area contributed by atoms with E-state index in [9.17, 15) is 9.59 Å². The molecule has 0 atom stereocenters. The third kappa shape index (κ3) is 9.00. The predicted molar refractivity (Wildman–Crippen MR) is 135 cm³/mol. The first-order valence-electron chi connectivity index (χ1n) is 10.2. The summed E-state index contributed by atoms with van der Waals surface area (Å²) in [5, 5.41) is 7.24. The average molecular weight is 482 g/mol. The number of benzene rings is 3. The lowest BCUT2D eigenvalue weighted by Crippen LogP contribution is -2.20. The summed E-state index contributed by atoms with van der Waals surface area (Å²) in [6.07, 6.45) is 1.55. The second kappa shape index (κ2) is 12.7. The normalized spacial score (nSPS) is 10.7. The minimum atomic E-state index is -0.286. The second-order valence-corrected chi connectivity index (χ2v) is 8.61. The van der Waals surface area contributed by atoms with Crippen molar-refractivity contribution >= 4 is 47.1 Å². The van der Waals surface area contributed by atoms with Crippen LogP contribution < -0.4 is 15.5 Å². The molecular formula is C25H24ClN3O3S. The van der Waals surface area contributed by atoms with Crippen LogP contribution in [0.5, 0.6) is 5.75 Å². The number of halogens is 1. The van der Waals surface area contributed by atoms with Crippen LogP contribution in [0.1, 0.15) is 16.7 Å². The van der Waals surface area contributed by atoms with Gasteiger partial charge in [-0.2, -0.15) is 5.10 Å². The van der Waals surface area contributed by atoms with Crippen LogP contribution in [0.2, 0.25) is 5.02 Å². The Morgan fingerprint density at radius 1 is 1.03 bits per heavy atom. The molecule has 6 nitrogen and oxygen atoms in total. The van der Waals surface area contributed by atoms with Crippen molar-refractivity contribution < 1.29 is 14.3 Å². The maximum atomic E-state index is 12.0. The molecule has 0 fully saturated rings. The summed E-state index contributed by atoms with van der Waals surface area (Å²) in [5.41, 5.74) is 6.33. The van der Waals surface area contributed by atoms with Gasteiger partial charge in [-0.25, -0.2) is 5.43 Å². The molecule has 3 rings (SSSR count). The molecule has 0 unspecified atom stereocenters. The van der Waals surface area contributed by atoms with E-state index in [1.807, 2.05) is 6.92 Å². The van der Waals surface area contributed by atoms with Crippen LogP contribution in [-0.2, 0) is 15.3 Å². The van der Waals surface area contributed by atoms with Crippen molar-refractivity contribution in [2.75, 3.05) is 17.7 Å². The number of aryl methyl sites for hydroxylation is 1. The van der Waals surface area contributed by atoms with Crippen molar-refractivity contribution in [3.05, 3.63) is 94.5 Å². The van der Waals surface area contributed by atoms with Gasteiger partial charge in [0, 0.05) is 16.5 Å². The van der Waals surface area contributed by atoms with Crippen LogP contribution in [-0.4, -0.2) is 30.4 Å². The highest BCUT2D eigenvalue weighted by molar-refractivity contribution is 7.99. The summed E-state index contributed by atoms with van der Waals surface area (Å²) in [4.78, 5) is 23.9. The SMILES string of the molecule is Cc1ccc(CSCC(=O)N/N=C\c2ccc(OCC(=O)Nc3cccc(Cl)c3)cc2)cc1. The second-order valence-electron chi connectivity index (χ2n) is 7.19. The van der Waals surface area contributed by atoms with Gasteiger partial charge in [0.25, 0.3) is 5.91 Å².